The molecule has 3 rings (SSSR count). The monoisotopic (exact) mass is 411 g/mol. The van der Waals surface area contributed by atoms with Crippen molar-refractivity contribution in [1.29, 1.82) is 0 Å². The highest BCUT2D eigenvalue weighted by molar-refractivity contribution is 7.90. The molecule has 0 aliphatic carbocycles. The molecule has 150 valence electrons. The van der Waals surface area contributed by atoms with Gasteiger partial charge in [0, 0.05) is 11.8 Å². The quantitative estimate of drug-likeness (QED) is 0.657. The first-order valence-corrected chi connectivity index (χ1v) is 11.1. The number of halogens is 1. The van der Waals surface area contributed by atoms with Crippen molar-refractivity contribution in [3.05, 3.63) is 101 Å². The summed E-state index contributed by atoms with van der Waals surface area (Å²) < 4.78 is 37.0. The highest BCUT2D eigenvalue weighted by atomic mass is 32.2. The number of aryl methyl sites for hydroxylation is 1. The molecule has 0 saturated heterocycles. The summed E-state index contributed by atoms with van der Waals surface area (Å²) in [6.07, 6.45) is 2.01. The van der Waals surface area contributed by atoms with E-state index >= 15 is 0 Å². The van der Waals surface area contributed by atoms with Crippen LogP contribution in [-0.4, -0.2) is 20.6 Å². The van der Waals surface area contributed by atoms with E-state index in [9.17, 15) is 17.6 Å². The molecule has 1 amide bonds. The molecule has 0 fully saturated rings. The van der Waals surface area contributed by atoms with E-state index in [0.29, 0.717) is 11.1 Å². The van der Waals surface area contributed by atoms with Crippen LogP contribution in [0, 0.1) is 5.82 Å². The Bertz CT molecular complexity index is 1110. The van der Waals surface area contributed by atoms with E-state index in [4.69, 9.17) is 0 Å². The summed E-state index contributed by atoms with van der Waals surface area (Å²) in [6, 6.07) is 19.1. The van der Waals surface area contributed by atoms with Gasteiger partial charge >= 0.3 is 0 Å². The number of rotatable bonds is 6. The number of hydrogen-bond donors (Lipinski definition) is 1. The van der Waals surface area contributed by atoms with Crippen LogP contribution in [0.3, 0.4) is 0 Å². The van der Waals surface area contributed by atoms with Gasteiger partial charge in [-0.15, -0.1) is 0 Å². The number of carbonyl (C=O) groups excluding carboxylic acids is 1. The fourth-order valence-electron chi connectivity index (χ4n) is 3.06. The van der Waals surface area contributed by atoms with Crippen molar-refractivity contribution in [2.24, 2.45) is 0 Å². The van der Waals surface area contributed by atoms with Gasteiger partial charge in [0.05, 0.1) is 10.9 Å². The van der Waals surface area contributed by atoms with Crippen molar-refractivity contribution in [1.82, 2.24) is 5.32 Å². The second-order valence-corrected chi connectivity index (χ2v) is 8.87. The van der Waals surface area contributed by atoms with Crippen LogP contribution in [0.5, 0.6) is 0 Å². The van der Waals surface area contributed by atoms with Gasteiger partial charge in [0.2, 0.25) is 0 Å². The van der Waals surface area contributed by atoms with Gasteiger partial charge in [-0.1, -0.05) is 43.3 Å². The van der Waals surface area contributed by atoms with Gasteiger partial charge < -0.3 is 5.32 Å². The molecule has 0 heterocycles. The van der Waals surface area contributed by atoms with E-state index < -0.39 is 15.9 Å². The van der Waals surface area contributed by atoms with Crippen molar-refractivity contribution in [3.63, 3.8) is 0 Å². The van der Waals surface area contributed by atoms with Gasteiger partial charge in [-0.3, -0.25) is 4.79 Å². The van der Waals surface area contributed by atoms with Gasteiger partial charge in [-0.05, 0) is 59.5 Å². The first kappa shape index (κ1) is 20.7. The number of sulfone groups is 1. The van der Waals surface area contributed by atoms with Gasteiger partial charge in [-0.25, -0.2) is 12.8 Å². The summed E-state index contributed by atoms with van der Waals surface area (Å²) in [4.78, 5) is 13.0. The van der Waals surface area contributed by atoms with Crippen molar-refractivity contribution >= 4 is 15.7 Å². The van der Waals surface area contributed by atoms with Crippen molar-refractivity contribution in [2.45, 2.75) is 24.3 Å². The Morgan fingerprint density at radius 1 is 0.966 bits per heavy atom. The van der Waals surface area contributed by atoms with Gasteiger partial charge in [0.25, 0.3) is 5.91 Å². The number of nitrogens with one attached hydrogen (secondary N) is 1. The Morgan fingerprint density at radius 3 is 2.17 bits per heavy atom. The molecule has 0 aliphatic rings. The summed E-state index contributed by atoms with van der Waals surface area (Å²) in [5, 5.41) is 2.93. The van der Waals surface area contributed by atoms with Crippen LogP contribution in [0.1, 0.15) is 40.0 Å². The van der Waals surface area contributed by atoms with Crippen molar-refractivity contribution < 1.29 is 17.6 Å². The van der Waals surface area contributed by atoms with Gasteiger partial charge in [-0.2, -0.15) is 0 Å². The molecular formula is C23H22FNO3S. The molecule has 0 saturated carbocycles. The maximum Gasteiger partial charge on any atom is 0.252 e. The third-order valence-electron chi connectivity index (χ3n) is 4.72. The molecule has 3 aromatic carbocycles. The zero-order chi connectivity index (χ0) is 21.0. The largest absolute Gasteiger partial charge is 0.341 e. The van der Waals surface area contributed by atoms with E-state index in [1.807, 2.05) is 24.3 Å². The van der Waals surface area contributed by atoms with Crippen molar-refractivity contribution in [2.75, 3.05) is 6.26 Å². The fraction of sp³-hybridized carbons (Fsp3) is 0.174. The van der Waals surface area contributed by atoms with Crippen LogP contribution in [0.15, 0.2) is 77.7 Å². The van der Waals surface area contributed by atoms with E-state index in [0.717, 1.165) is 23.8 Å². The van der Waals surface area contributed by atoms with Crippen LogP contribution < -0.4 is 5.32 Å². The predicted molar refractivity (Wildman–Crippen MR) is 111 cm³/mol. The van der Waals surface area contributed by atoms with E-state index in [1.54, 1.807) is 12.1 Å². The predicted octanol–water partition coefficient (Wildman–Crippen LogP) is 4.31. The lowest BCUT2D eigenvalue weighted by molar-refractivity contribution is 0.0943. The molecule has 3 aromatic rings. The Balaban J connectivity index is 1.92. The third-order valence-corrected chi connectivity index (χ3v) is 5.85. The molecule has 1 N–H and O–H groups in total. The van der Waals surface area contributed by atoms with Gasteiger partial charge in [0.1, 0.15) is 5.82 Å². The molecule has 0 radical (unpaired) electrons. The lowest BCUT2D eigenvalue weighted by atomic mass is 9.96. The molecule has 0 aliphatic heterocycles. The number of amides is 1. The first-order valence-electron chi connectivity index (χ1n) is 9.23. The number of carbonyl (C=O) groups is 1. The molecule has 6 heteroatoms. The van der Waals surface area contributed by atoms with Crippen LogP contribution in [0.2, 0.25) is 0 Å². The molecule has 0 spiro atoms. The average molecular weight is 411 g/mol. The molecule has 0 aromatic heterocycles. The summed E-state index contributed by atoms with van der Waals surface area (Å²) in [7, 11) is -3.34. The Morgan fingerprint density at radius 2 is 1.62 bits per heavy atom. The lowest BCUT2D eigenvalue weighted by Crippen LogP contribution is -2.29. The molecule has 0 bridgehead atoms. The SMILES string of the molecule is CCc1ccc([C@@H](NC(=O)c2ccc(S(C)(=O)=O)cc2)c2cccc(F)c2)cc1. The Hall–Kier alpha value is -2.99. The lowest BCUT2D eigenvalue weighted by Gasteiger charge is -2.20. The summed E-state index contributed by atoms with van der Waals surface area (Å²) in [6.45, 7) is 2.06. The summed E-state index contributed by atoms with van der Waals surface area (Å²) in [5.41, 5.74) is 2.93. The third kappa shape index (κ3) is 5.09. The van der Waals surface area contributed by atoms with E-state index in [2.05, 4.69) is 12.2 Å². The second-order valence-electron chi connectivity index (χ2n) is 6.85. The molecule has 0 unspecified atom stereocenters. The zero-order valence-corrected chi connectivity index (χ0v) is 17.0. The molecule has 4 nitrogen and oxygen atoms in total. The zero-order valence-electron chi connectivity index (χ0n) is 16.2. The van der Waals surface area contributed by atoms with Gasteiger partial charge in [0.15, 0.2) is 9.84 Å². The minimum absolute atomic E-state index is 0.144. The van der Waals surface area contributed by atoms with Crippen LogP contribution in [0.4, 0.5) is 4.39 Å². The van der Waals surface area contributed by atoms with Crippen molar-refractivity contribution in [3.8, 4) is 0 Å². The molecule has 1 atom stereocenters. The Labute approximate surface area is 170 Å². The van der Waals surface area contributed by atoms with Crippen LogP contribution in [-0.2, 0) is 16.3 Å². The summed E-state index contributed by atoms with van der Waals surface area (Å²) in [5.74, 6) is -0.761. The number of benzene rings is 3. The van der Waals surface area contributed by atoms with Crippen LogP contribution in [0.25, 0.3) is 0 Å². The maximum absolute atomic E-state index is 13.8. The minimum atomic E-state index is -3.34. The highest BCUT2D eigenvalue weighted by Gasteiger charge is 2.19. The topological polar surface area (TPSA) is 63.2 Å². The van der Waals surface area contributed by atoms with E-state index in [1.165, 1.54) is 36.4 Å². The highest BCUT2D eigenvalue weighted by Crippen LogP contribution is 2.24. The molecular weight excluding hydrogens is 389 g/mol. The molecule has 29 heavy (non-hydrogen) atoms. The summed E-state index contributed by atoms with van der Waals surface area (Å²) >= 11 is 0. The van der Waals surface area contributed by atoms with E-state index in [-0.39, 0.29) is 16.6 Å². The van der Waals surface area contributed by atoms with Crippen LogP contribution >= 0.6 is 0 Å². The average Bonchev–Trinajstić information content (AvgIpc) is 2.71. The first-order chi connectivity index (χ1) is 13.8. The normalized spacial score (nSPS) is 12.4. The minimum Gasteiger partial charge on any atom is -0.341 e. The second kappa shape index (κ2) is 8.57. The number of hydrogen-bond acceptors (Lipinski definition) is 3. The standard InChI is InChI=1S/C23H22FNO3S/c1-3-16-7-9-17(10-8-16)22(19-5-4-6-20(24)15-19)25-23(26)18-11-13-21(14-12-18)29(2,27)28/h4-15,22H,3H2,1-2H3,(H,25,26)/t22-/m1/s1. The smallest absolute Gasteiger partial charge is 0.252 e. The fourth-order valence-corrected chi connectivity index (χ4v) is 3.69. The maximum atomic E-state index is 13.8. The Kier molecular flexibility index (Phi) is 6.13.